The van der Waals surface area contributed by atoms with Crippen LogP contribution in [0, 0.1) is 6.92 Å². The summed E-state index contributed by atoms with van der Waals surface area (Å²) in [6, 6.07) is 7.18. The van der Waals surface area contributed by atoms with Gasteiger partial charge in [-0.3, -0.25) is 4.79 Å². The first-order valence-corrected chi connectivity index (χ1v) is 5.72. The molecule has 2 N–H and O–H groups in total. The Morgan fingerprint density at radius 3 is 2.56 bits per heavy atom. The van der Waals surface area contributed by atoms with E-state index in [9.17, 15) is 4.79 Å². The van der Waals surface area contributed by atoms with Crippen LogP contribution in [0.15, 0.2) is 35.0 Å². The Kier molecular flexibility index (Phi) is 3.32. The van der Waals surface area contributed by atoms with Crippen LogP contribution >= 0.6 is 0 Å². The highest BCUT2D eigenvalue weighted by atomic mass is 16.5. The summed E-state index contributed by atoms with van der Waals surface area (Å²) in [6.45, 7) is 4.20. The zero-order chi connectivity index (χ0) is 13.1. The summed E-state index contributed by atoms with van der Waals surface area (Å²) in [5.41, 5.74) is 7.59. The Morgan fingerprint density at radius 1 is 1.39 bits per heavy atom. The molecule has 0 bridgehead atoms. The van der Waals surface area contributed by atoms with Crippen molar-refractivity contribution in [2.75, 3.05) is 17.2 Å². The fourth-order valence-corrected chi connectivity index (χ4v) is 1.75. The molecule has 0 radical (unpaired) electrons. The van der Waals surface area contributed by atoms with Crippen molar-refractivity contribution in [2.24, 2.45) is 0 Å². The van der Waals surface area contributed by atoms with Crippen LogP contribution in [0.1, 0.15) is 23.0 Å². The van der Waals surface area contributed by atoms with Crippen LogP contribution in [0.4, 0.5) is 11.4 Å². The predicted molar refractivity (Wildman–Crippen MR) is 69.4 cm³/mol. The molecule has 1 heterocycles. The van der Waals surface area contributed by atoms with Gasteiger partial charge in [0, 0.05) is 17.9 Å². The predicted octanol–water partition coefficient (Wildman–Crippen LogP) is 2.23. The number of amides is 1. The molecule has 94 valence electrons. The molecule has 1 amide bonds. The number of aromatic nitrogens is 1. The van der Waals surface area contributed by atoms with Gasteiger partial charge in [0.25, 0.3) is 5.91 Å². The quantitative estimate of drug-likeness (QED) is 0.841. The first-order valence-electron chi connectivity index (χ1n) is 5.72. The number of nitrogens with zero attached hydrogens (tertiary/aromatic N) is 2. The SMILES string of the molecule is CCN(C(=O)c1cnoc1C)c1ccc(N)cc1. The average molecular weight is 245 g/mol. The second-order valence-corrected chi connectivity index (χ2v) is 3.94. The largest absolute Gasteiger partial charge is 0.399 e. The van der Waals surface area contributed by atoms with Crippen LogP contribution in [0.25, 0.3) is 0 Å². The third kappa shape index (κ3) is 2.20. The van der Waals surface area contributed by atoms with Crippen molar-refractivity contribution in [3.63, 3.8) is 0 Å². The first-order chi connectivity index (χ1) is 8.63. The van der Waals surface area contributed by atoms with Crippen molar-refractivity contribution in [3.8, 4) is 0 Å². The Balaban J connectivity index is 2.32. The van der Waals surface area contributed by atoms with Crippen LogP contribution in [-0.2, 0) is 0 Å². The maximum absolute atomic E-state index is 12.3. The lowest BCUT2D eigenvalue weighted by Gasteiger charge is -2.20. The van der Waals surface area contributed by atoms with Crippen molar-refractivity contribution in [1.82, 2.24) is 5.16 Å². The Labute approximate surface area is 105 Å². The molecule has 2 rings (SSSR count). The van der Waals surface area contributed by atoms with Gasteiger partial charge in [-0.2, -0.15) is 0 Å². The highest BCUT2D eigenvalue weighted by Gasteiger charge is 2.20. The topological polar surface area (TPSA) is 72.4 Å². The summed E-state index contributed by atoms with van der Waals surface area (Å²) >= 11 is 0. The van der Waals surface area contributed by atoms with E-state index in [-0.39, 0.29) is 5.91 Å². The van der Waals surface area contributed by atoms with Gasteiger partial charge >= 0.3 is 0 Å². The fourth-order valence-electron chi connectivity index (χ4n) is 1.75. The molecule has 0 aliphatic carbocycles. The number of carbonyl (C=O) groups is 1. The van der Waals surface area contributed by atoms with Crippen LogP contribution < -0.4 is 10.6 Å². The van der Waals surface area contributed by atoms with Gasteiger partial charge in [0.05, 0.1) is 6.20 Å². The number of hydrogen-bond donors (Lipinski definition) is 1. The molecule has 5 heteroatoms. The molecule has 2 aromatic rings. The maximum atomic E-state index is 12.3. The second kappa shape index (κ2) is 4.91. The average Bonchev–Trinajstić information content (AvgIpc) is 2.78. The summed E-state index contributed by atoms with van der Waals surface area (Å²) in [5.74, 6) is 0.398. The lowest BCUT2D eigenvalue weighted by Crippen LogP contribution is -2.30. The van der Waals surface area contributed by atoms with Crippen molar-refractivity contribution in [1.29, 1.82) is 0 Å². The van der Waals surface area contributed by atoms with E-state index in [1.54, 1.807) is 24.0 Å². The van der Waals surface area contributed by atoms with E-state index in [0.717, 1.165) is 5.69 Å². The molecular formula is C13H15N3O2. The lowest BCUT2D eigenvalue weighted by molar-refractivity contribution is 0.0987. The molecule has 0 spiro atoms. The van der Waals surface area contributed by atoms with Gasteiger partial charge in [-0.1, -0.05) is 5.16 Å². The van der Waals surface area contributed by atoms with Gasteiger partial charge in [0.1, 0.15) is 11.3 Å². The van der Waals surface area contributed by atoms with Crippen molar-refractivity contribution in [3.05, 3.63) is 41.8 Å². The molecule has 5 nitrogen and oxygen atoms in total. The zero-order valence-electron chi connectivity index (χ0n) is 10.4. The van der Waals surface area contributed by atoms with Gasteiger partial charge < -0.3 is 15.2 Å². The lowest BCUT2D eigenvalue weighted by atomic mass is 10.2. The summed E-state index contributed by atoms with van der Waals surface area (Å²) in [4.78, 5) is 14.0. The molecule has 1 aromatic carbocycles. The van der Waals surface area contributed by atoms with E-state index in [1.165, 1.54) is 6.20 Å². The molecule has 0 unspecified atom stereocenters. The van der Waals surface area contributed by atoms with E-state index >= 15 is 0 Å². The van der Waals surface area contributed by atoms with Crippen molar-refractivity contribution in [2.45, 2.75) is 13.8 Å². The number of rotatable bonds is 3. The Bertz CT molecular complexity index is 546. The number of hydrogen-bond acceptors (Lipinski definition) is 4. The van der Waals surface area contributed by atoms with Gasteiger partial charge in [-0.15, -0.1) is 0 Å². The molecule has 0 aliphatic rings. The van der Waals surface area contributed by atoms with Crippen LogP contribution in [0.2, 0.25) is 0 Å². The zero-order valence-corrected chi connectivity index (χ0v) is 10.4. The molecule has 0 aliphatic heterocycles. The summed E-state index contributed by atoms with van der Waals surface area (Å²) in [6.07, 6.45) is 1.44. The van der Waals surface area contributed by atoms with Crippen LogP contribution in [0.3, 0.4) is 0 Å². The van der Waals surface area contributed by atoms with E-state index in [2.05, 4.69) is 5.16 Å². The molecule has 0 saturated carbocycles. The van der Waals surface area contributed by atoms with E-state index in [1.807, 2.05) is 19.1 Å². The molecule has 0 fully saturated rings. The molecule has 18 heavy (non-hydrogen) atoms. The number of benzene rings is 1. The summed E-state index contributed by atoms with van der Waals surface area (Å²) in [5, 5.41) is 3.62. The minimum atomic E-state index is -0.124. The minimum absolute atomic E-state index is 0.124. The van der Waals surface area contributed by atoms with Crippen LogP contribution in [-0.4, -0.2) is 17.6 Å². The van der Waals surface area contributed by atoms with Gasteiger partial charge in [-0.25, -0.2) is 0 Å². The normalized spacial score (nSPS) is 10.3. The summed E-state index contributed by atoms with van der Waals surface area (Å²) in [7, 11) is 0. The van der Waals surface area contributed by atoms with E-state index in [0.29, 0.717) is 23.6 Å². The smallest absolute Gasteiger partial charge is 0.263 e. The van der Waals surface area contributed by atoms with Gasteiger partial charge in [0.2, 0.25) is 0 Å². The van der Waals surface area contributed by atoms with Gasteiger partial charge in [0.15, 0.2) is 0 Å². The van der Waals surface area contributed by atoms with Crippen molar-refractivity contribution < 1.29 is 9.32 Å². The highest BCUT2D eigenvalue weighted by Crippen LogP contribution is 2.19. The third-order valence-electron chi connectivity index (χ3n) is 2.75. The molecule has 0 saturated heterocycles. The monoisotopic (exact) mass is 245 g/mol. The molecule has 1 aromatic heterocycles. The molecular weight excluding hydrogens is 230 g/mol. The van der Waals surface area contributed by atoms with Gasteiger partial charge in [-0.05, 0) is 38.1 Å². The number of nitrogen functional groups attached to an aromatic ring is 1. The van der Waals surface area contributed by atoms with Crippen molar-refractivity contribution >= 4 is 17.3 Å². The van der Waals surface area contributed by atoms with E-state index < -0.39 is 0 Å². The summed E-state index contributed by atoms with van der Waals surface area (Å²) < 4.78 is 4.92. The second-order valence-electron chi connectivity index (χ2n) is 3.94. The number of aryl methyl sites for hydroxylation is 1. The fraction of sp³-hybridized carbons (Fsp3) is 0.231. The first kappa shape index (κ1) is 12.2. The van der Waals surface area contributed by atoms with Crippen LogP contribution in [0.5, 0.6) is 0 Å². The Morgan fingerprint density at radius 2 is 2.06 bits per heavy atom. The minimum Gasteiger partial charge on any atom is -0.399 e. The Hall–Kier alpha value is -2.30. The number of nitrogens with two attached hydrogens (primary N) is 1. The highest BCUT2D eigenvalue weighted by molar-refractivity contribution is 6.06. The maximum Gasteiger partial charge on any atom is 0.263 e. The number of anilines is 2. The third-order valence-corrected chi connectivity index (χ3v) is 2.75. The number of carbonyl (C=O) groups excluding carboxylic acids is 1. The standard InChI is InChI=1S/C13H15N3O2/c1-3-16(11-6-4-10(14)5-7-11)13(17)12-8-15-18-9(12)2/h4-8H,3,14H2,1-2H3. The van der Waals surface area contributed by atoms with E-state index in [4.69, 9.17) is 10.3 Å². The molecule has 0 atom stereocenters.